The summed E-state index contributed by atoms with van der Waals surface area (Å²) in [6.45, 7) is 6.52. The number of benzene rings is 1. The largest absolute Gasteiger partial charge is 0.432 e. The van der Waals surface area contributed by atoms with Crippen LogP contribution in [-0.2, 0) is 11.3 Å². The summed E-state index contributed by atoms with van der Waals surface area (Å²) >= 11 is 0. The smallest absolute Gasteiger partial charge is 0.299 e. The maximum absolute atomic E-state index is 13.4. The van der Waals surface area contributed by atoms with Crippen molar-refractivity contribution >= 4 is 11.7 Å². The number of oxazole rings is 1. The molecule has 2 aromatic rings. The van der Waals surface area contributed by atoms with E-state index in [1.54, 1.807) is 19.3 Å². The Morgan fingerprint density at radius 1 is 1.32 bits per heavy atom. The quantitative estimate of drug-likeness (QED) is 0.894. The maximum Gasteiger partial charge on any atom is 0.299 e. The summed E-state index contributed by atoms with van der Waals surface area (Å²) in [5.41, 5.74) is 2.88. The number of aromatic nitrogens is 1. The highest BCUT2D eigenvalue weighted by molar-refractivity contribution is 5.58. The molecule has 2 rings (SSSR count). The molecule has 0 aliphatic rings. The number of anilines is 2. The molecule has 0 radical (unpaired) electrons. The van der Waals surface area contributed by atoms with Gasteiger partial charge in [0.1, 0.15) is 17.8 Å². The molecule has 1 aromatic carbocycles. The molecule has 1 heterocycles. The van der Waals surface area contributed by atoms with Crippen molar-refractivity contribution in [3.63, 3.8) is 0 Å². The third-order valence-electron chi connectivity index (χ3n) is 2.75. The molecule has 5 heteroatoms. The summed E-state index contributed by atoms with van der Waals surface area (Å²) in [5.74, 6) is -0.215. The van der Waals surface area contributed by atoms with Crippen LogP contribution in [0.1, 0.15) is 23.7 Å². The molecule has 0 spiro atoms. The number of aryl methyl sites for hydroxylation is 2. The van der Waals surface area contributed by atoms with Crippen molar-refractivity contribution in [2.24, 2.45) is 0 Å². The number of hydrogen-bond donors (Lipinski definition) is 1. The van der Waals surface area contributed by atoms with Crippen molar-refractivity contribution in [3.8, 4) is 0 Å². The summed E-state index contributed by atoms with van der Waals surface area (Å²) in [6, 6.07) is 3.60. The molecule has 0 amide bonds. The number of rotatable bonds is 5. The standard InChI is InChI=1S/C14H17FN2O2/c1-4-18-7-11-8-19-14(16-11)17-13-6-9(2)12(15)5-10(13)3/h5-6,8H,4,7H2,1-3H3,(H,16,17). The van der Waals surface area contributed by atoms with Gasteiger partial charge in [0.05, 0.1) is 6.61 Å². The van der Waals surface area contributed by atoms with Crippen molar-refractivity contribution in [2.75, 3.05) is 11.9 Å². The monoisotopic (exact) mass is 264 g/mol. The molecule has 19 heavy (non-hydrogen) atoms. The molecule has 0 saturated heterocycles. The predicted molar refractivity (Wildman–Crippen MR) is 71.0 cm³/mol. The Morgan fingerprint density at radius 2 is 2.11 bits per heavy atom. The topological polar surface area (TPSA) is 47.3 Å². The number of nitrogens with one attached hydrogen (secondary N) is 1. The molecule has 0 saturated carbocycles. The second-order valence-electron chi connectivity index (χ2n) is 4.32. The fourth-order valence-electron chi connectivity index (χ4n) is 1.67. The van der Waals surface area contributed by atoms with Crippen LogP contribution < -0.4 is 5.32 Å². The van der Waals surface area contributed by atoms with Crippen LogP contribution in [0.2, 0.25) is 0 Å². The first-order valence-corrected chi connectivity index (χ1v) is 6.16. The first-order valence-electron chi connectivity index (χ1n) is 6.16. The lowest BCUT2D eigenvalue weighted by Crippen LogP contribution is -1.97. The third-order valence-corrected chi connectivity index (χ3v) is 2.75. The van der Waals surface area contributed by atoms with Crippen LogP contribution in [0, 0.1) is 19.7 Å². The molecule has 1 N–H and O–H groups in total. The predicted octanol–water partition coefficient (Wildman–Crippen LogP) is 3.71. The van der Waals surface area contributed by atoms with Gasteiger partial charge in [0.15, 0.2) is 0 Å². The Morgan fingerprint density at radius 3 is 2.84 bits per heavy atom. The Labute approximate surface area is 111 Å². The third kappa shape index (κ3) is 3.32. The molecule has 0 aliphatic carbocycles. The molecule has 0 fully saturated rings. The van der Waals surface area contributed by atoms with Gasteiger partial charge in [-0.3, -0.25) is 0 Å². The van der Waals surface area contributed by atoms with E-state index in [1.807, 2.05) is 13.8 Å². The summed E-state index contributed by atoms with van der Waals surface area (Å²) in [7, 11) is 0. The first kappa shape index (κ1) is 13.5. The number of ether oxygens (including phenoxy) is 1. The van der Waals surface area contributed by atoms with Gasteiger partial charge >= 0.3 is 0 Å². The van der Waals surface area contributed by atoms with Crippen molar-refractivity contribution in [1.82, 2.24) is 4.98 Å². The highest BCUT2D eigenvalue weighted by Crippen LogP contribution is 2.23. The van der Waals surface area contributed by atoms with Crippen molar-refractivity contribution in [1.29, 1.82) is 0 Å². The fourth-order valence-corrected chi connectivity index (χ4v) is 1.67. The van der Waals surface area contributed by atoms with Crippen LogP contribution in [0.25, 0.3) is 0 Å². The van der Waals surface area contributed by atoms with E-state index in [0.29, 0.717) is 24.8 Å². The maximum atomic E-state index is 13.4. The lowest BCUT2D eigenvalue weighted by atomic mass is 10.1. The molecule has 4 nitrogen and oxygen atoms in total. The van der Waals surface area contributed by atoms with Gasteiger partial charge in [-0.15, -0.1) is 0 Å². The van der Waals surface area contributed by atoms with E-state index in [4.69, 9.17) is 9.15 Å². The number of nitrogens with zero attached hydrogens (tertiary/aromatic N) is 1. The van der Waals surface area contributed by atoms with E-state index in [-0.39, 0.29) is 5.82 Å². The summed E-state index contributed by atoms with van der Waals surface area (Å²) < 4.78 is 23.9. The summed E-state index contributed by atoms with van der Waals surface area (Å²) in [4.78, 5) is 4.24. The van der Waals surface area contributed by atoms with E-state index in [9.17, 15) is 4.39 Å². The zero-order chi connectivity index (χ0) is 13.8. The minimum absolute atomic E-state index is 0.215. The van der Waals surface area contributed by atoms with Crippen LogP contribution >= 0.6 is 0 Å². The van der Waals surface area contributed by atoms with Gasteiger partial charge in [-0.2, -0.15) is 4.98 Å². The Bertz CT molecular complexity index is 567. The molecular weight excluding hydrogens is 247 g/mol. The van der Waals surface area contributed by atoms with Crippen LogP contribution in [0.4, 0.5) is 16.1 Å². The Hall–Kier alpha value is -1.88. The molecular formula is C14H17FN2O2. The average molecular weight is 264 g/mol. The summed E-state index contributed by atoms with van der Waals surface area (Å²) in [5, 5.41) is 3.04. The fraction of sp³-hybridized carbons (Fsp3) is 0.357. The number of hydrogen-bond acceptors (Lipinski definition) is 4. The summed E-state index contributed by atoms with van der Waals surface area (Å²) in [6.07, 6.45) is 1.55. The minimum Gasteiger partial charge on any atom is -0.432 e. The second-order valence-corrected chi connectivity index (χ2v) is 4.32. The lowest BCUT2D eigenvalue weighted by Gasteiger charge is -2.07. The lowest BCUT2D eigenvalue weighted by molar-refractivity contribution is 0.131. The van der Waals surface area contributed by atoms with Crippen molar-refractivity contribution < 1.29 is 13.5 Å². The highest BCUT2D eigenvalue weighted by Gasteiger charge is 2.08. The molecule has 1 aromatic heterocycles. The second kappa shape index (κ2) is 5.84. The SMILES string of the molecule is CCOCc1coc(Nc2cc(C)c(F)cc2C)n1. The molecule has 102 valence electrons. The molecule has 0 unspecified atom stereocenters. The van der Waals surface area contributed by atoms with Gasteiger partial charge in [-0.05, 0) is 44.0 Å². The van der Waals surface area contributed by atoms with Crippen molar-refractivity contribution in [2.45, 2.75) is 27.4 Å². The molecule has 0 atom stereocenters. The number of halogens is 1. The Balaban J connectivity index is 2.12. The zero-order valence-electron chi connectivity index (χ0n) is 11.3. The normalized spacial score (nSPS) is 10.7. The van der Waals surface area contributed by atoms with Gasteiger partial charge in [0.2, 0.25) is 0 Å². The minimum atomic E-state index is -0.215. The Kier molecular flexibility index (Phi) is 4.16. The van der Waals surface area contributed by atoms with E-state index >= 15 is 0 Å². The van der Waals surface area contributed by atoms with Gasteiger partial charge in [-0.25, -0.2) is 4.39 Å². The first-order chi connectivity index (χ1) is 9.10. The van der Waals surface area contributed by atoms with E-state index < -0.39 is 0 Å². The highest BCUT2D eigenvalue weighted by atomic mass is 19.1. The van der Waals surface area contributed by atoms with E-state index in [0.717, 1.165) is 16.9 Å². The van der Waals surface area contributed by atoms with Gasteiger partial charge in [0, 0.05) is 12.3 Å². The van der Waals surface area contributed by atoms with Crippen molar-refractivity contribution in [3.05, 3.63) is 41.0 Å². The van der Waals surface area contributed by atoms with E-state index in [2.05, 4.69) is 10.3 Å². The average Bonchev–Trinajstić information content (AvgIpc) is 2.81. The van der Waals surface area contributed by atoms with Gasteiger partial charge in [-0.1, -0.05) is 0 Å². The van der Waals surface area contributed by atoms with Gasteiger partial charge in [0.25, 0.3) is 6.01 Å². The van der Waals surface area contributed by atoms with Gasteiger partial charge < -0.3 is 14.5 Å². The van der Waals surface area contributed by atoms with Crippen LogP contribution in [0.5, 0.6) is 0 Å². The van der Waals surface area contributed by atoms with Crippen LogP contribution in [0.15, 0.2) is 22.8 Å². The van der Waals surface area contributed by atoms with Crippen LogP contribution in [-0.4, -0.2) is 11.6 Å². The zero-order valence-corrected chi connectivity index (χ0v) is 11.3. The molecule has 0 aliphatic heterocycles. The van der Waals surface area contributed by atoms with E-state index in [1.165, 1.54) is 6.07 Å². The molecule has 0 bridgehead atoms. The van der Waals surface area contributed by atoms with Crippen LogP contribution in [0.3, 0.4) is 0 Å².